The summed E-state index contributed by atoms with van der Waals surface area (Å²) in [5, 5.41) is 9.01. The van der Waals surface area contributed by atoms with Crippen molar-refractivity contribution in [1.82, 2.24) is 4.90 Å². The number of aliphatic hydroxyl groups excluding tert-OH is 1. The van der Waals surface area contributed by atoms with Crippen molar-refractivity contribution in [3.8, 4) is 0 Å². The predicted octanol–water partition coefficient (Wildman–Crippen LogP) is 2.66. The van der Waals surface area contributed by atoms with E-state index in [2.05, 4.69) is 0 Å². The minimum Gasteiger partial charge on any atom is -0.445 e. The second-order valence-electron chi connectivity index (χ2n) is 5.21. The molecule has 0 radical (unpaired) electrons. The van der Waals surface area contributed by atoms with Gasteiger partial charge in [-0.25, -0.2) is 13.6 Å². The van der Waals surface area contributed by atoms with Crippen LogP contribution in [0.3, 0.4) is 0 Å². The van der Waals surface area contributed by atoms with E-state index in [1.807, 2.05) is 30.3 Å². The summed E-state index contributed by atoms with van der Waals surface area (Å²) < 4.78 is 32.5. The van der Waals surface area contributed by atoms with Gasteiger partial charge in [0.15, 0.2) is 0 Å². The van der Waals surface area contributed by atoms with Crippen molar-refractivity contribution in [1.29, 1.82) is 0 Å². The lowest BCUT2D eigenvalue weighted by Gasteiger charge is -2.21. The molecule has 1 atom stereocenters. The summed E-state index contributed by atoms with van der Waals surface area (Å²) in [6.07, 6.45) is -0.962. The highest BCUT2D eigenvalue weighted by Gasteiger charge is 2.42. The van der Waals surface area contributed by atoms with E-state index in [1.54, 1.807) is 0 Å². The molecule has 6 heteroatoms. The fraction of sp³-hybridized carbons (Fsp3) is 0.533. The molecular weight excluding hydrogens is 280 g/mol. The van der Waals surface area contributed by atoms with Crippen LogP contribution in [0.4, 0.5) is 13.6 Å². The Hall–Kier alpha value is -1.69. The highest BCUT2D eigenvalue weighted by molar-refractivity contribution is 5.67. The van der Waals surface area contributed by atoms with E-state index >= 15 is 0 Å². The zero-order valence-electron chi connectivity index (χ0n) is 11.7. The lowest BCUT2D eigenvalue weighted by Crippen LogP contribution is -2.33. The number of amides is 1. The molecule has 116 valence electrons. The van der Waals surface area contributed by atoms with Crippen LogP contribution in [0.15, 0.2) is 30.3 Å². The van der Waals surface area contributed by atoms with E-state index in [-0.39, 0.29) is 26.1 Å². The highest BCUT2D eigenvalue weighted by Crippen LogP contribution is 2.33. The summed E-state index contributed by atoms with van der Waals surface area (Å²) in [7, 11) is 0. The van der Waals surface area contributed by atoms with Gasteiger partial charge in [-0.2, -0.15) is 0 Å². The van der Waals surface area contributed by atoms with Crippen LogP contribution in [0.1, 0.15) is 18.4 Å². The fourth-order valence-electron chi connectivity index (χ4n) is 2.34. The molecule has 0 spiro atoms. The first-order chi connectivity index (χ1) is 10.0. The van der Waals surface area contributed by atoms with Crippen LogP contribution in [-0.4, -0.2) is 41.7 Å². The fourth-order valence-corrected chi connectivity index (χ4v) is 2.34. The number of rotatable bonds is 3. The molecular formula is C15H19F2NO3. The molecule has 2 rings (SSSR count). The Kier molecular flexibility index (Phi) is 5.12. The number of nitrogens with zero attached hydrogens (tertiary/aromatic N) is 1. The van der Waals surface area contributed by atoms with Gasteiger partial charge in [0.1, 0.15) is 6.61 Å². The number of carbonyl (C=O) groups excluding carboxylic acids is 1. The molecule has 4 nitrogen and oxygen atoms in total. The molecule has 1 heterocycles. The monoisotopic (exact) mass is 299 g/mol. The number of aliphatic hydroxyl groups is 1. The maximum atomic E-state index is 13.7. The van der Waals surface area contributed by atoms with Crippen LogP contribution in [-0.2, 0) is 11.3 Å². The number of carbonyl (C=O) groups is 1. The molecule has 1 N–H and O–H groups in total. The van der Waals surface area contributed by atoms with Crippen molar-refractivity contribution in [2.24, 2.45) is 5.92 Å². The van der Waals surface area contributed by atoms with Gasteiger partial charge in [-0.15, -0.1) is 0 Å². The molecule has 1 fully saturated rings. The summed E-state index contributed by atoms with van der Waals surface area (Å²) in [6, 6.07) is 9.18. The average molecular weight is 299 g/mol. The SMILES string of the molecule is O=C(OCc1ccccc1)N1CCC(CO)C(F)(F)CC1. The van der Waals surface area contributed by atoms with Crippen molar-refractivity contribution in [2.45, 2.75) is 25.4 Å². The van der Waals surface area contributed by atoms with Crippen molar-refractivity contribution in [3.63, 3.8) is 0 Å². The largest absolute Gasteiger partial charge is 0.445 e. The summed E-state index contributed by atoms with van der Waals surface area (Å²) >= 11 is 0. The quantitative estimate of drug-likeness (QED) is 0.933. The van der Waals surface area contributed by atoms with Crippen molar-refractivity contribution >= 4 is 6.09 Å². The standard InChI is InChI=1S/C15H19F2NO3/c16-15(17)7-9-18(8-6-13(15)10-19)14(20)21-11-12-4-2-1-3-5-12/h1-5,13,19H,6-11H2. The molecule has 1 aromatic rings. The zero-order valence-corrected chi connectivity index (χ0v) is 11.7. The van der Waals surface area contributed by atoms with Gasteiger partial charge in [0, 0.05) is 25.4 Å². The van der Waals surface area contributed by atoms with Gasteiger partial charge in [0.25, 0.3) is 5.92 Å². The van der Waals surface area contributed by atoms with Crippen LogP contribution >= 0.6 is 0 Å². The normalized spacial score (nSPS) is 21.7. The highest BCUT2D eigenvalue weighted by atomic mass is 19.3. The number of halogens is 2. The molecule has 0 aliphatic carbocycles. The maximum absolute atomic E-state index is 13.7. The lowest BCUT2D eigenvalue weighted by atomic mass is 9.97. The third-order valence-electron chi connectivity index (χ3n) is 3.74. The molecule has 0 aromatic heterocycles. The first-order valence-electron chi connectivity index (χ1n) is 6.97. The van der Waals surface area contributed by atoms with Crippen LogP contribution < -0.4 is 0 Å². The Labute approximate surface area is 122 Å². The minimum atomic E-state index is -2.94. The van der Waals surface area contributed by atoms with E-state index in [1.165, 1.54) is 4.90 Å². The number of likely N-dealkylation sites (tertiary alicyclic amines) is 1. The van der Waals surface area contributed by atoms with E-state index in [0.29, 0.717) is 0 Å². The Bertz CT molecular complexity index is 467. The topological polar surface area (TPSA) is 49.8 Å². The molecule has 1 aliphatic heterocycles. The van der Waals surface area contributed by atoms with Crippen LogP contribution in [0.25, 0.3) is 0 Å². The molecule has 21 heavy (non-hydrogen) atoms. The minimum absolute atomic E-state index is 0.0584. The third-order valence-corrected chi connectivity index (χ3v) is 3.74. The second kappa shape index (κ2) is 6.85. The summed E-state index contributed by atoms with van der Waals surface area (Å²) in [5.41, 5.74) is 0.847. The number of hydrogen-bond donors (Lipinski definition) is 1. The first-order valence-corrected chi connectivity index (χ1v) is 6.97. The maximum Gasteiger partial charge on any atom is 0.410 e. The summed E-state index contributed by atoms with van der Waals surface area (Å²) in [4.78, 5) is 13.2. The predicted molar refractivity (Wildman–Crippen MR) is 73.0 cm³/mol. The van der Waals surface area contributed by atoms with Crippen molar-refractivity contribution in [3.05, 3.63) is 35.9 Å². The number of alkyl halides is 2. The first kappa shape index (κ1) is 15.7. The van der Waals surface area contributed by atoms with Crippen molar-refractivity contribution < 1.29 is 23.4 Å². The van der Waals surface area contributed by atoms with Gasteiger partial charge >= 0.3 is 6.09 Å². The smallest absolute Gasteiger partial charge is 0.410 e. The average Bonchev–Trinajstić information content (AvgIpc) is 2.64. The molecule has 1 amide bonds. The van der Waals surface area contributed by atoms with Gasteiger partial charge in [-0.3, -0.25) is 0 Å². The summed E-state index contributed by atoms with van der Waals surface area (Å²) in [5.74, 6) is -4.03. The van der Waals surface area contributed by atoms with Crippen molar-refractivity contribution in [2.75, 3.05) is 19.7 Å². The van der Waals surface area contributed by atoms with Crippen LogP contribution in [0.5, 0.6) is 0 Å². The molecule has 1 unspecified atom stereocenters. The molecule has 1 aromatic carbocycles. The van der Waals surface area contributed by atoms with E-state index in [4.69, 9.17) is 9.84 Å². The van der Waals surface area contributed by atoms with E-state index in [0.717, 1.165) is 5.56 Å². The second-order valence-corrected chi connectivity index (χ2v) is 5.21. The van der Waals surface area contributed by atoms with Crippen LogP contribution in [0.2, 0.25) is 0 Å². The molecule has 0 saturated carbocycles. The molecule has 1 aliphatic rings. The Balaban J connectivity index is 1.88. The number of ether oxygens (including phenoxy) is 1. The number of hydrogen-bond acceptors (Lipinski definition) is 3. The van der Waals surface area contributed by atoms with Gasteiger partial charge < -0.3 is 14.7 Å². The van der Waals surface area contributed by atoms with Crippen LogP contribution in [0, 0.1) is 5.92 Å². The third kappa shape index (κ3) is 4.14. The van der Waals surface area contributed by atoms with E-state index < -0.39 is 31.0 Å². The Morgan fingerprint density at radius 1 is 1.33 bits per heavy atom. The Morgan fingerprint density at radius 3 is 2.71 bits per heavy atom. The zero-order chi connectivity index (χ0) is 15.3. The molecule has 1 saturated heterocycles. The van der Waals surface area contributed by atoms with Gasteiger partial charge in [-0.05, 0) is 12.0 Å². The van der Waals surface area contributed by atoms with Gasteiger partial charge in [0.2, 0.25) is 0 Å². The number of benzene rings is 1. The van der Waals surface area contributed by atoms with Gasteiger partial charge in [0.05, 0.1) is 6.61 Å². The lowest BCUT2D eigenvalue weighted by molar-refractivity contribution is -0.0777. The van der Waals surface area contributed by atoms with Gasteiger partial charge in [-0.1, -0.05) is 30.3 Å². The molecule has 0 bridgehead atoms. The van der Waals surface area contributed by atoms with E-state index in [9.17, 15) is 13.6 Å². The Morgan fingerprint density at radius 2 is 2.05 bits per heavy atom. The summed E-state index contributed by atoms with van der Waals surface area (Å²) in [6.45, 7) is -0.332.